The topological polar surface area (TPSA) is 92.5 Å². The standard InChI is InChI=1S/C15H19N3O3.ClH/c1-10(16)8-13(19)17-12-4-2-11(3-5-12)9-18-14(20)6-7-15(18)21;/h2-5,10H,6-9,16H2,1H3,(H,17,19);1H. The Morgan fingerprint density at radius 1 is 1.23 bits per heavy atom. The van der Waals surface area contributed by atoms with Crippen LogP contribution in [0.25, 0.3) is 0 Å². The number of nitrogens with two attached hydrogens (primary N) is 1. The Labute approximate surface area is 135 Å². The maximum atomic E-state index is 11.6. The fraction of sp³-hybridized carbons (Fsp3) is 0.400. The van der Waals surface area contributed by atoms with Crippen LogP contribution in [0.4, 0.5) is 5.69 Å². The molecule has 1 aliphatic rings. The first kappa shape index (κ1) is 18.1. The number of nitrogens with one attached hydrogen (secondary N) is 1. The van der Waals surface area contributed by atoms with Gasteiger partial charge in [-0.3, -0.25) is 19.3 Å². The molecule has 3 N–H and O–H groups in total. The number of imide groups is 1. The van der Waals surface area contributed by atoms with Crippen molar-refractivity contribution >= 4 is 35.8 Å². The highest BCUT2D eigenvalue weighted by Gasteiger charge is 2.28. The summed E-state index contributed by atoms with van der Waals surface area (Å²) in [6, 6.07) is 6.90. The molecule has 0 aromatic heterocycles. The number of hydrogen-bond acceptors (Lipinski definition) is 4. The number of hydrogen-bond donors (Lipinski definition) is 2. The van der Waals surface area contributed by atoms with Crippen molar-refractivity contribution in [3.63, 3.8) is 0 Å². The first-order valence-corrected chi connectivity index (χ1v) is 6.93. The third-order valence-electron chi connectivity index (χ3n) is 3.24. The molecule has 1 atom stereocenters. The summed E-state index contributed by atoms with van der Waals surface area (Å²) < 4.78 is 0. The molecule has 0 spiro atoms. The van der Waals surface area contributed by atoms with Gasteiger partial charge >= 0.3 is 0 Å². The van der Waals surface area contributed by atoms with E-state index in [-0.39, 0.29) is 49.1 Å². The molecule has 1 aromatic rings. The van der Waals surface area contributed by atoms with Crippen LogP contribution in [-0.4, -0.2) is 28.7 Å². The lowest BCUT2D eigenvalue weighted by Crippen LogP contribution is -2.28. The number of likely N-dealkylation sites (tertiary alicyclic amines) is 1. The van der Waals surface area contributed by atoms with E-state index in [2.05, 4.69) is 5.32 Å². The summed E-state index contributed by atoms with van der Waals surface area (Å²) in [7, 11) is 0. The Hall–Kier alpha value is -1.92. The van der Waals surface area contributed by atoms with Crippen molar-refractivity contribution < 1.29 is 14.4 Å². The molecule has 1 aromatic carbocycles. The zero-order valence-electron chi connectivity index (χ0n) is 12.4. The minimum absolute atomic E-state index is 0. The molecule has 1 aliphatic heterocycles. The lowest BCUT2D eigenvalue weighted by molar-refractivity contribution is -0.139. The van der Waals surface area contributed by atoms with Gasteiger partial charge in [0.15, 0.2) is 0 Å². The Morgan fingerprint density at radius 3 is 2.27 bits per heavy atom. The highest BCUT2D eigenvalue weighted by Crippen LogP contribution is 2.17. The van der Waals surface area contributed by atoms with E-state index in [1.54, 1.807) is 31.2 Å². The number of rotatable bonds is 5. The van der Waals surface area contributed by atoms with Crippen molar-refractivity contribution in [3.8, 4) is 0 Å². The molecule has 1 unspecified atom stereocenters. The molecule has 3 amide bonds. The summed E-state index contributed by atoms with van der Waals surface area (Å²) in [5, 5.41) is 2.75. The molecule has 0 saturated carbocycles. The van der Waals surface area contributed by atoms with Crippen LogP contribution in [-0.2, 0) is 20.9 Å². The van der Waals surface area contributed by atoms with Crippen molar-refractivity contribution in [2.45, 2.75) is 38.8 Å². The van der Waals surface area contributed by atoms with E-state index in [0.29, 0.717) is 18.5 Å². The monoisotopic (exact) mass is 325 g/mol. The predicted octanol–water partition coefficient (Wildman–Crippen LogP) is 1.43. The van der Waals surface area contributed by atoms with Gasteiger partial charge in [0, 0.05) is 31.0 Å². The zero-order valence-corrected chi connectivity index (χ0v) is 13.2. The highest BCUT2D eigenvalue weighted by molar-refractivity contribution is 6.01. The Kier molecular flexibility index (Phi) is 6.52. The Bertz CT molecular complexity index is 542. The van der Waals surface area contributed by atoms with Crippen LogP contribution in [0.15, 0.2) is 24.3 Å². The van der Waals surface area contributed by atoms with Crippen LogP contribution in [0, 0.1) is 0 Å². The van der Waals surface area contributed by atoms with Crippen molar-refractivity contribution in [2.75, 3.05) is 5.32 Å². The summed E-state index contributed by atoms with van der Waals surface area (Å²) in [5.41, 5.74) is 7.08. The molecule has 22 heavy (non-hydrogen) atoms. The second kappa shape index (κ2) is 7.91. The van der Waals surface area contributed by atoms with E-state index < -0.39 is 0 Å². The Morgan fingerprint density at radius 2 is 1.77 bits per heavy atom. The summed E-state index contributed by atoms with van der Waals surface area (Å²) in [4.78, 5) is 35.9. The molecule has 0 radical (unpaired) electrons. The van der Waals surface area contributed by atoms with Gasteiger partial charge in [-0.2, -0.15) is 0 Å². The first-order valence-electron chi connectivity index (χ1n) is 6.93. The lowest BCUT2D eigenvalue weighted by Gasteiger charge is -2.14. The van der Waals surface area contributed by atoms with Gasteiger partial charge in [0.25, 0.3) is 0 Å². The normalized spacial score (nSPS) is 15.5. The maximum absolute atomic E-state index is 11.6. The third kappa shape index (κ3) is 4.82. The molecule has 2 rings (SSSR count). The first-order chi connectivity index (χ1) is 9.95. The smallest absolute Gasteiger partial charge is 0.229 e. The summed E-state index contributed by atoms with van der Waals surface area (Å²) >= 11 is 0. The van der Waals surface area contributed by atoms with Crippen LogP contribution in [0.2, 0.25) is 0 Å². The van der Waals surface area contributed by atoms with Crippen molar-refractivity contribution in [3.05, 3.63) is 29.8 Å². The molecule has 7 heteroatoms. The second-order valence-electron chi connectivity index (χ2n) is 5.30. The van der Waals surface area contributed by atoms with E-state index in [1.807, 2.05) is 0 Å². The van der Waals surface area contributed by atoms with E-state index in [0.717, 1.165) is 5.56 Å². The number of benzene rings is 1. The molecule has 0 bridgehead atoms. The fourth-order valence-corrected chi connectivity index (χ4v) is 2.18. The second-order valence-corrected chi connectivity index (χ2v) is 5.30. The number of anilines is 1. The van der Waals surface area contributed by atoms with E-state index in [4.69, 9.17) is 5.73 Å². The molecule has 1 fully saturated rings. The number of amides is 3. The lowest BCUT2D eigenvalue weighted by atomic mass is 10.2. The average molecular weight is 326 g/mol. The van der Waals surface area contributed by atoms with Crippen LogP contribution >= 0.6 is 12.4 Å². The van der Waals surface area contributed by atoms with E-state index in [9.17, 15) is 14.4 Å². The largest absolute Gasteiger partial charge is 0.327 e. The minimum Gasteiger partial charge on any atom is -0.327 e. The molecule has 1 saturated heterocycles. The van der Waals surface area contributed by atoms with Gasteiger partial charge in [-0.1, -0.05) is 12.1 Å². The van der Waals surface area contributed by atoms with Crippen LogP contribution in [0.1, 0.15) is 31.7 Å². The van der Waals surface area contributed by atoms with Gasteiger partial charge < -0.3 is 11.1 Å². The summed E-state index contributed by atoms with van der Waals surface area (Å²) in [6.07, 6.45) is 0.854. The average Bonchev–Trinajstić information content (AvgIpc) is 2.72. The number of carbonyl (C=O) groups excluding carboxylic acids is 3. The van der Waals surface area contributed by atoms with Crippen molar-refractivity contribution in [1.82, 2.24) is 4.90 Å². The molecular weight excluding hydrogens is 306 g/mol. The Balaban J connectivity index is 0.00000242. The maximum Gasteiger partial charge on any atom is 0.229 e. The third-order valence-corrected chi connectivity index (χ3v) is 3.24. The van der Waals surface area contributed by atoms with E-state index >= 15 is 0 Å². The SMILES string of the molecule is CC(N)CC(=O)Nc1ccc(CN2C(=O)CCC2=O)cc1.Cl. The number of carbonyl (C=O) groups is 3. The molecular formula is C15H20ClN3O3. The van der Waals surface area contributed by atoms with Gasteiger partial charge in [0.2, 0.25) is 17.7 Å². The predicted molar refractivity (Wildman–Crippen MR) is 85.4 cm³/mol. The number of halogens is 1. The zero-order chi connectivity index (χ0) is 15.4. The quantitative estimate of drug-likeness (QED) is 0.801. The van der Waals surface area contributed by atoms with E-state index in [1.165, 1.54) is 4.90 Å². The fourth-order valence-electron chi connectivity index (χ4n) is 2.18. The van der Waals surface area contributed by atoms with Crippen LogP contribution in [0.5, 0.6) is 0 Å². The highest BCUT2D eigenvalue weighted by atomic mass is 35.5. The van der Waals surface area contributed by atoms with Gasteiger partial charge in [-0.15, -0.1) is 12.4 Å². The summed E-state index contributed by atoms with van der Waals surface area (Å²) in [6.45, 7) is 2.05. The van der Waals surface area contributed by atoms with Gasteiger partial charge in [-0.05, 0) is 24.6 Å². The van der Waals surface area contributed by atoms with Crippen molar-refractivity contribution in [1.29, 1.82) is 0 Å². The van der Waals surface area contributed by atoms with Gasteiger partial charge in [0.05, 0.1) is 6.54 Å². The molecule has 120 valence electrons. The van der Waals surface area contributed by atoms with Crippen LogP contribution < -0.4 is 11.1 Å². The minimum atomic E-state index is -0.184. The molecule has 0 aliphatic carbocycles. The number of nitrogens with zero attached hydrogens (tertiary/aromatic N) is 1. The molecule has 1 heterocycles. The van der Waals surface area contributed by atoms with Gasteiger partial charge in [-0.25, -0.2) is 0 Å². The molecule has 6 nitrogen and oxygen atoms in total. The van der Waals surface area contributed by atoms with Crippen molar-refractivity contribution in [2.24, 2.45) is 5.73 Å². The van der Waals surface area contributed by atoms with Gasteiger partial charge in [0.1, 0.15) is 0 Å². The summed E-state index contributed by atoms with van der Waals surface area (Å²) in [5.74, 6) is -0.397. The van der Waals surface area contributed by atoms with Crippen LogP contribution in [0.3, 0.4) is 0 Å².